The molecule has 1 aromatic rings. The van der Waals surface area contributed by atoms with E-state index in [0.717, 1.165) is 0 Å². The highest BCUT2D eigenvalue weighted by Crippen LogP contribution is 2.20. The van der Waals surface area contributed by atoms with Gasteiger partial charge in [-0.3, -0.25) is 4.79 Å². The topological polar surface area (TPSA) is 52.1 Å². The van der Waals surface area contributed by atoms with Crippen LogP contribution in [0.2, 0.25) is 0 Å². The van der Waals surface area contributed by atoms with Gasteiger partial charge < -0.3 is 4.74 Å². The summed E-state index contributed by atoms with van der Waals surface area (Å²) in [5.74, 6) is -0.0625. The standard InChI is InChI=1S/C11H16N2O2/c1-4-11(3,15-5-2)10(14)9-6-12-8-13-7-9/h6-8H,4-5H2,1-3H3. The van der Waals surface area contributed by atoms with Crippen molar-refractivity contribution in [3.8, 4) is 0 Å². The van der Waals surface area contributed by atoms with Crippen molar-refractivity contribution in [1.29, 1.82) is 0 Å². The molecule has 0 saturated heterocycles. The van der Waals surface area contributed by atoms with Crippen LogP contribution in [-0.4, -0.2) is 28.0 Å². The van der Waals surface area contributed by atoms with Gasteiger partial charge in [0.15, 0.2) is 5.78 Å². The third kappa shape index (κ3) is 2.59. The predicted molar refractivity (Wildman–Crippen MR) is 56.7 cm³/mol. The molecule has 15 heavy (non-hydrogen) atoms. The van der Waals surface area contributed by atoms with Gasteiger partial charge in [-0.05, 0) is 20.3 Å². The van der Waals surface area contributed by atoms with Crippen LogP contribution in [0.15, 0.2) is 18.7 Å². The van der Waals surface area contributed by atoms with Gasteiger partial charge in [0.25, 0.3) is 0 Å². The Morgan fingerprint density at radius 3 is 2.47 bits per heavy atom. The van der Waals surface area contributed by atoms with E-state index < -0.39 is 5.60 Å². The molecule has 1 heterocycles. The highest BCUT2D eigenvalue weighted by atomic mass is 16.5. The normalized spacial score (nSPS) is 14.6. The molecule has 0 bridgehead atoms. The number of aromatic nitrogens is 2. The minimum absolute atomic E-state index is 0.0625. The van der Waals surface area contributed by atoms with E-state index in [1.165, 1.54) is 18.7 Å². The van der Waals surface area contributed by atoms with Gasteiger partial charge in [-0.1, -0.05) is 6.92 Å². The van der Waals surface area contributed by atoms with Crippen LogP contribution in [0.3, 0.4) is 0 Å². The third-order valence-corrected chi connectivity index (χ3v) is 2.44. The van der Waals surface area contributed by atoms with E-state index in [9.17, 15) is 4.79 Å². The fraction of sp³-hybridized carbons (Fsp3) is 0.545. The van der Waals surface area contributed by atoms with Crippen molar-refractivity contribution in [2.45, 2.75) is 32.8 Å². The Hall–Kier alpha value is -1.29. The molecule has 0 radical (unpaired) electrons. The fourth-order valence-electron chi connectivity index (χ4n) is 1.37. The van der Waals surface area contributed by atoms with Gasteiger partial charge in [0.2, 0.25) is 0 Å². The molecule has 1 atom stereocenters. The lowest BCUT2D eigenvalue weighted by atomic mass is 9.93. The zero-order valence-electron chi connectivity index (χ0n) is 9.36. The lowest BCUT2D eigenvalue weighted by Crippen LogP contribution is -2.38. The van der Waals surface area contributed by atoms with Crippen LogP contribution in [0.5, 0.6) is 0 Å². The molecule has 4 nitrogen and oxygen atoms in total. The minimum Gasteiger partial charge on any atom is -0.367 e. The van der Waals surface area contributed by atoms with E-state index in [1.54, 1.807) is 6.92 Å². The smallest absolute Gasteiger partial charge is 0.197 e. The average molecular weight is 208 g/mol. The second kappa shape index (κ2) is 4.98. The van der Waals surface area contributed by atoms with Crippen LogP contribution in [0, 0.1) is 0 Å². The molecular weight excluding hydrogens is 192 g/mol. The fourth-order valence-corrected chi connectivity index (χ4v) is 1.37. The zero-order chi connectivity index (χ0) is 11.3. The molecule has 0 fully saturated rings. The molecule has 4 heteroatoms. The Labute approximate surface area is 89.7 Å². The Kier molecular flexibility index (Phi) is 3.91. The van der Waals surface area contributed by atoms with Crippen LogP contribution < -0.4 is 0 Å². The van der Waals surface area contributed by atoms with Crippen molar-refractivity contribution < 1.29 is 9.53 Å². The summed E-state index contributed by atoms with van der Waals surface area (Å²) in [7, 11) is 0. The van der Waals surface area contributed by atoms with Gasteiger partial charge in [-0.15, -0.1) is 0 Å². The van der Waals surface area contributed by atoms with Gasteiger partial charge >= 0.3 is 0 Å². The molecule has 1 unspecified atom stereocenters. The second-order valence-corrected chi connectivity index (χ2v) is 3.47. The number of nitrogens with zero attached hydrogens (tertiary/aromatic N) is 2. The lowest BCUT2D eigenvalue weighted by molar-refractivity contribution is -0.0116. The first-order valence-corrected chi connectivity index (χ1v) is 5.07. The summed E-state index contributed by atoms with van der Waals surface area (Å²) in [4.78, 5) is 19.7. The zero-order valence-corrected chi connectivity index (χ0v) is 9.36. The summed E-state index contributed by atoms with van der Waals surface area (Å²) in [6.07, 6.45) is 5.07. The molecule has 82 valence electrons. The predicted octanol–water partition coefficient (Wildman–Crippen LogP) is 1.86. The van der Waals surface area contributed by atoms with Crippen molar-refractivity contribution in [2.24, 2.45) is 0 Å². The lowest BCUT2D eigenvalue weighted by Gasteiger charge is -2.26. The van der Waals surface area contributed by atoms with Crippen LogP contribution in [0.25, 0.3) is 0 Å². The number of carbonyl (C=O) groups excluding carboxylic acids is 1. The molecule has 0 saturated carbocycles. The van der Waals surface area contributed by atoms with E-state index >= 15 is 0 Å². The first-order valence-electron chi connectivity index (χ1n) is 5.07. The monoisotopic (exact) mass is 208 g/mol. The van der Waals surface area contributed by atoms with E-state index in [4.69, 9.17) is 4.74 Å². The SMILES string of the molecule is CCOC(C)(CC)C(=O)c1cncnc1. The summed E-state index contributed by atoms with van der Waals surface area (Å²) in [6.45, 7) is 6.12. The van der Waals surface area contributed by atoms with Crippen molar-refractivity contribution in [3.05, 3.63) is 24.3 Å². The minimum atomic E-state index is -0.764. The summed E-state index contributed by atoms with van der Waals surface area (Å²) < 4.78 is 5.49. The molecule has 1 aromatic heterocycles. The summed E-state index contributed by atoms with van der Waals surface area (Å²) in [5, 5.41) is 0. The van der Waals surface area contributed by atoms with E-state index in [1.807, 2.05) is 13.8 Å². The largest absolute Gasteiger partial charge is 0.367 e. The number of hydrogen-bond acceptors (Lipinski definition) is 4. The van der Waals surface area contributed by atoms with Crippen LogP contribution in [0.1, 0.15) is 37.6 Å². The quantitative estimate of drug-likeness (QED) is 0.693. The summed E-state index contributed by atoms with van der Waals surface area (Å²) >= 11 is 0. The first-order chi connectivity index (χ1) is 7.14. The van der Waals surface area contributed by atoms with Crippen molar-refractivity contribution in [3.63, 3.8) is 0 Å². The van der Waals surface area contributed by atoms with Gasteiger partial charge in [-0.2, -0.15) is 0 Å². The maximum Gasteiger partial charge on any atom is 0.197 e. The van der Waals surface area contributed by atoms with Gasteiger partial charge in [0.05, 0.1) is 5.56 Å². The van der Waals surface area contributed by atoms with E-state index in [0.29, 0.717) is 18.6 Å². The van der Waals surface area contributed by atoms with Crippen molar-refractivity contribution >= 4 is 5.78 Å². The maximum absolute atomic E-state index is 12.1. The molecule has 0 amide bonds. The summed E-state index contributed by atoms with van der Waals surface area (Å²) in [5.41, 5.74) is -0.269. The molecular formula is C11H16N2O2. The third-order valence-electron chi connectivity index (χ3n) is 2.44. The van der Waals surface area contributed by atoms with Gasteiger partial charge in [-0.25, -0.2) is 9.97 Å². The highest BCUT2D eigenvalue weighted by Gasteiger charge is 2.32. The molecule has 0 N–H and O–H groups in total. The molecule has 1 rings (SSSR count). The highest BCUT2D eigenvalue weighted by molar-refractivity contribution is 6.01. The van der Waals surface area contributed by atoms with Gasteiger partial charge in [0.1, 0.15) is 11.9 Å². The number of hydrogen-bond donors (Lipinski definition) is 0. The molecule has 0 aliphatic heterocycles. The molecule has 0 aliphatic carbocycles. The molecule has 0 spiro atoms. The van der Waals surface area contributed by atoms with Crippen molar-refractivity contribution in [2.75, 3.05) is 6.61 Å². The number of ether oxygens (including phenoxy) is 1. The number of carbonyl (C=O) groups is 1. The second-order valence-electron chi connectivity index (χ2n) is 3.47. The first kappa shape index (κ1) is 11.8. The Balaban J connectivity index is 2.92. The number of Topliss-reactive ketones (excluding diaryl/α,β-unsaturated/α-hetero) is 1. The van der Waals surface area contributed by atoms with Gasteiger partial charge in [0, 0.05) is 19.0 Å². The average Bonchev–Trinajstić information content (AvgIpc) is 2.29. The van der Waals surface area contributed by atoms with Crippen LogP contribution >= 0.6 is 0 Å². The van der Waals surface area contributed by atoms with E-state index in [2.05, 4.69) is 9.97 Å². The Bertz CT molecular complexity index is 327. The maximum atomic E-state index is 12.1. The molecule has 0 aromatic carbocycles. The van der Waals surface area contributed by atoms with E-state index in [-0.39, 0.29) is 5.78 Å². The van der Waals surface area contributed by atoms with Crippen LogP contribution in [0.4, 0.5) is 0 Å². The molecule has 0 aliphatic rings. The van der Waals surface area contributed by atoms with Crippen LogP contribution in [-0.2, 0) is 4.74 Å². The number of rotatable bonds is 5. The Morgan fingerprint density at radius 2 is 2.00 bits per heavy atom. The summed E-state index contributed by atoms with van der Waals surface area (Å²) in [6, 6.07) is 0. The Morgan fingerprint density at radius 1 is 1.40 bits per heavy atom. The number of ketones is 1. The van der Waals surface area contributed by atoms with Crippen molar-refractivity contribution in [1.82, 2.24) is 9.97 Å².